The minimum absolute atomic E-state index is 0.146. The van der Waals surface area contributed by atoms with E-state index in [0.717, 1.165) is 0 Å². The van der Waals surface area contributed by atoms with Gasteiger partial charge < -0.3 is 14.8 Å². The van der Waals surface area contributed by atoms with Crippen LogP contribution in [0.15, 0.2) is 18.2 Å². The molecule has 2 rings (SSSR count). The Morgan fingerprint density at radius 3 is 2.71 bits per heavy atom. The van der Waals surface area contributed by atoms with Crippen molar-refractivity contribution >= 4 is 21.8 Å². The van der Waals surface area contributed by atoms with Crippen molar-refractivity contribution in [2.24, 2.45) is 0 Å². The van der Waals surface area contributed by atoms with Gasteiger partial charge in [0.25, 0.3) is 10.2 Å². The van der Waals surface area contributed by atoms with E-state index in [0.29, 0.717) is 17.2 Å². The summed E-state index contributed by atoms with van der Waals surface area (Å²) in [5.74, 6) is 0.660. The highest BCUT2D eigenvalue weighted by molar-refractivity contribution is 7.87. The van der Waals surface area contributed by atoms with E-state index < -0.39 is 16.1 Å². The van der Waals surface area contributed by atoms with Gasteiger partial charge in [0.1, 0.15) is 0 Å². The maximum absolute atomic E-state index is 11.7. The number of hydrogen-bond acceptors (Lipinski definition) is 5. The zero-order valence-electron chi connectivity index (χ0n) is 11.7. The normalized spacial score (nSPS) is 13.5. The Bertz CT molecular complexity index is 630. The van der Waals surface area contributed by atoms with Crippen LogP contribution in [0.4, 0.5) is 5.69 Å². The highest BCUT2D eigenvalue weighted by Crippen LogP contribution is 2.34. The molecule has 116 valence electrons. The second kappa shape index (κ2) is 6.29. The monoisotopic (exact) mass is 315 g/mol. The largest absolute Gasteiger partial charge is 0.454 e. The van der Waals surface area contributed by atoms with Crippen LogP contribution in [0.25, 0.3) is 0 Å². The van der Waals surface area contributed by atoms with Gasteiger partial charge in [-0.3, -0.25) is 4.79 Å². The molecule has 0 spiro atoms. The van der Waals surface area contributed by atoms with E-state index in [2.05, 4.69) is 14.8 Å². The Labute approximate surface area is 123 Å². The molecule has 21 heavy (non-hydrogen) atoms. The third-order valence-corrected chi connectivity index (χ3v) is 3.78. The summed E-state index contributed by atoms with van der Waals surface area (Å²) in [5.41, 5.74) is 0.500. The summed E-state index contributed by atoms with van der Waals surface area (Å²) in [4.78, 5) is 11.7. The molecule has 0 aliphatic carbocycles. The summed E-state index contributed by atoms with van der Waals surface area (Å²) in [6.07, 6.45) is 0. The molecule has 0 fully saturated rings. The minimum atomic E-state index is -3.68. The zero-order valence-corrected chi connectivity index (χ0v) is 12.5. The van der Waals surface area contributed by atoms with Gasteiger partial charge in [0.05, 0.1) is 6.54 Å². The van der Waals surface area contributed by atoms with Crippen LogP contribution in [-0.4, -0.2) is 33.7 Å². The van der Waals surface area contributed by atoms with Crippen molar-refractivity contribution in [2.45, 2.75) is 19.9 Å². The molecule has 0 saturated heterocycles. The number of benzene rings is 1. The Hall–Kier alpha value is -1.84. The van der Waals surface area contributed by atoms with Crippen LogP contribution >= 0.6 is 0 Å². The lowest BCUT2D eigenvalue weighted by Gasteiger charge is -2.11. The first-order valence-corrected chi connectivity index (χ1v) is 7.80. The molecular weight excluding hydrogens is 298 g/mol. The lowest BCUT2D eigenvalue weighted by atomic mass is 10.3. The van der Waals surface area contributed by atoms with Crippen LogP contribution < -0.4 is 24.2 Å². The van der Waals surface area contributed by atoms with E-state index in [1.807, 2.05) is 0 Å². The van der Waals surface area contributed by atoms with E-state index in [9.17, 15) is 13.2 Å². The van der Waals surface area contributed by atoms with Crippen molar-refractivity contribution in [2.75, 3.05) is 18.7 Å². The van der Waals surface area contributed by atoms with Crippen LogP contribution in [0.3, 0.4) is 0 Å². The Morgan fingerprint density at radius 2 is 2.00 bits per heavy atom. The van der Waals surface area contributed by atoms with Crippen LogP contribution in [0.2, 0.25) is 0 Å². The van der Waals surface area contributed by atoms with Gasteiger partial charge in [-0.2, -0.15) is 17.9 Å². The average Bonchev–Trinajstić information content (AvgIpc) is 2.82. The summed E-state index contributed by atoms with van der Waals surface area (Å²) in [7, 11) is -3.68. The van der Waals surface area contributed by atoms with Gasteiger partial charge in [0.15, 0.2) is 11.5 Å². The van der Waals surface area contributed by atoms with Crippen molar-refractivity contribution < 1.29 is 22.7 Å². The van der Waals surface area contributed by atoms with Gasteiger partial charge in [-0.1, -0.05) is 0 Å². The molecule has 1 heterocycles. The predicted molar refractivity (Wildman–Crippen MR) is 76.4 cm³/mol. The molecule has 0 bridgehead atoms. The van der Waals surface area contributed by atoms with Crippen molar-refractivity contribution in [3.05, 3.63) is 18.2 Å². The number of nitrogens with one attached hydrogen (secondary N) is 3. The lowest BCUT2D eigenvalue weighted by Crippen LogP contribution is -2.43. The lowest BCUT2D eigenvalue weighted by molar-refractivity contribution is -0.115. The standard InChI is InChI=1S/C12H17N3O5S/c1-8(2)15-21(17,18)13-6-12(16)14-9-3-4-10-11(5-9)20-7-19-10/h3-5,8,13,15H,6-7H2,1-2H3,(H,14,16). The van der Waals surface area contributed by atoms with Gasteiger partial charge in [-0.25, -0.2) is 0 Å². The number of fused-ring (bicyclic) bond motifs is 1. The molecule has 1 amide bonds. The first-order chi connectivity index (χ1) is 9.85. The van der Waals surface area contributed by atoms with Gasteiger partial charge in [0.2, 0.25) is 12.7 Å². The Morgan fingerprint density at radius 1 is 1.29 bits per heavy atom. The van der Waals surface area contributed by atoms with Crippen molar-refractivity contribution in [3.63, 3.8) is 0 Å². The number of rotatable bonds is 6. The third-order valence-electron chi connectivity index (χ3n) is 2.47. The summed E-state index contributed by atoms with van der Waals surface area (Å²) in [5, 5.41) is 2.57. The highest BCUT2D eigenvalue weighted by atomic mass is 32.2. The van der Waals surface area contributed by atoms with E-state index >= 15 is 0 Å². The summed E-state index contributed by atoms with van der Waals surface area (Å²) in [6, 6.07) is 4.68. The molecule has 0 aromatic heterocycles. The number of anilines is 1. The van der Waals surface area contributed by atoms with Crippen molar-refractivity contribution in [3.8, 4) is 11.5 Å². The summed E-state index contributed by atoms with van der Waals surface area (Å²) in [6.45, 7) is 3.15. The summed E-state index contributed by atoms with van der Waals surface area (Å²) < 4.78 is 37.8. The quantitative estimate of drug-likeness (QED) is 0.695. The van der Waals surface area contributed by atoms with Crippen LogP contribution in [0.5, 0.6) is 11.5 Å². The van der Waals surface area contributed by atoms with Gasteiger partial charge in [0, 0.05) is 17.8 Å². The predicted octanol–water partition coefficient (Wildman–Crippen LogP) is 0.186. The zero-order chi connectivity index (χ0) is 15.5. The first kappa shape index (κ1) is 15.5. The smallest absolute Gasteiger partial charge is 0.277 e. The Kier molecular flexibility index (Phi) is 4.66. The van der Waals surface area contributed by atoms with Crippen molar-refractivity contribution in [1.82, 2.24) is 9.44 Å². The number of amides is 1. The van der Waals surface area contributed by atoms with Gasteiger partial charge >= 0.3 is 0 Å². The molecule has 8 nitrogen and oxygen atoms in total. The number of carbonyl (C=O) groups excluding carboxylic acids is 1. The van der Waals surface area contributed by atoms with E-state index in [1.54, 1.807) is 32.0 Å². The molecule has 3 N–H and O–H groups in total. The topological polar surface area (TPSA) is 106 Å². The molecule has 1 aromatic carbocycles. The third kappa shape index (κ3) is 4.59. The van der Waals surface area contributed by atoms with Gasteiger partial charge in [-0.15, -0.1) is 0 Å². The molecule has 0 unspecified atom stereocenters. The average molecular weight is 315 g/mol. The highest BCUT2D eigenvalue weighted by Gasteiger charge is 2.16. The molecule has 0 saturated carbocycles. The minimum Gasteiger partial charge on any atom is -0.454 e. The van der Waals surface area contributed by atoms with Gasteiger partial charge in [-0.05, 0) is 26.0 Å². The second-order valence-electron chi connectivity index (χ2n) is 4.71. The molecular formula is C12H17N3O5S. The Balaban J connectivity index is 1.88. The fraction of sp³-hybridized carbons (Fsp3) is 0.417. The molecule has 0 radical (unpaired) electrons. The summed E-state index contributed by atoms with van der Waals surface area (Å²) >= 11 is 0. The van der Waals surface area contributed by atoms with Crippen LogP contribution in [-0.2, 0) is 15.0 Å². The van der Waals surface area contributed by atoms with Crippen LogP contribution in [0, 0.1) is 0 Å². The number of hydrogen-bond donors (Lipinski definition) is 3. The number of carbonyl (C=O) groups is 1. The SMILES string of the molecule is CC(C)NS(=O)(=O)NCC(=O)Nc1ccc2c(c1)OCO2. The van der Waals surface area contributed by atoms with E-state index in [1.165, 1.54) is 0 Å². The van der Waals surface area contributed by atoms with Crippen LogP contribution in [0.1, 0.15) is 13.8 Å². The molecule has 9 heteroatoms. The molecule has 0 atom stereocenters. The fourth-order valence-electron chi connectivity index (χ4n) is 1.69. The maximum Gasteiger partial charge on any atom is 0.277 e. The first-order valence-electron chi connectivity index (χ1n) is 6.32. The fourth-order valence-corrected chi connectivity index (χ4v) is 2.72. The maximum atomic E-state index is 11.7. The molecule has 1 aromatic rings. The number of ether oxygens (including phenoxy) is 2. The van der Waals surface area contributed by atoms with Crippen molar-refractivity contribution in [1.29, 1.82) is 0 Å². The second-order valence-corrected chi connectivity index (χ2v) is 6.24. The van der Waals surface area contributed by atoms with E-state index in [-0.39, 0.29) is 19.4 Å². The van der Waals surface area contributed by atoms with E-state index in [4.69, 9.17) is 9.47 Å². The molecule has 1 aliphatic rings. The molecule has 1 aliphatic heterocycles.